The Labute approximate surface area is 169 Å². The highest BCUT2D eigenvalue weighted by Crippen LogP contribution is 2.32. The summed E-state index contributed by atoms with van der Waals surface area (Å²) < 4.78 is 15.1. The summed E-state index contributed by atoms with van der Waals surface area (Å²) in [5, 5.41) is 0. The van der Waals surface area contributed by atoms with E-state index in [1.807, 2.05) is 29.6 Å². The van der Waals surface area contributed by atoms with Crippen LogP contribution in [0.2, 0.25) is 0 Å². The first kappa shape index (κ1) is 19.2. The molecule has 150 valence electrons. The van der Waals surface area contributed by atoms with E-state index in [4.69, 9.17) is 0 Å². The number of rotatable bonds is 4. The van der Waals surface area contributed by atoms with E-state index in [1.54, 1.807) is 24.5 Å². The van der Waals surface area contributed by atoms with Crippen LogP contribution in [0.1, 0.15) is 35.8 Å². The minimum absolute atomic E-state index is 0.0803. The summed E-state index contributed by atoms with van der Waals surface area (Å²) in [6, 6.07) is 6.12. The predicted octanol–water partition coefficient (Wildman–Crippen LogP) is 3.27. The molecule has 0 radical (unpaired) electrons. The molecule has 1 amide bonds. The lowest BCUT2D eigenvalue weighted by atomic mass is 9.91. The van der Waals surface area contributed by atoms with Gasteiger partial charge in [-0.25, -0.2) is 9.37 Å². The summed E-state index contributed by atoms with van der Waals surface area (Å²) in [6.45, 7) is 3.33. The number of benzene rings is 1. The Balaban J connectivity index is 1.44. The standard InChI is InChI=1S/C22H24FN5O/c1-15-26-14-19(27(15)2)22-21(24-9-10-25-22)17-7-11-28(12-8-17)20(29)13-16-3-5-18(23)6-4-16/h3-6,9-10,14,17H,7-8,11-13H2,1-2H3. The number of carbonyl (C=O) groups is 1. The quantitative estimate of drug-likeness (QED) is 0.682. The molecule has 1 aliphatic heterocycles. The van der Waals surface area contributed by atoms with Gasteiger partial charge in [0.05, 0.1) is 24.0 Å². The number of likely N-dealkylation sites (tertiary alicyclic amines) is 1. The van der Waals surface area contributed by atoms with E-state index < -0.39 is 0 Å². The molecule has 0 saturated carbocycles. The van der Waals surface area contributed by atoms with Gasteiger partial charge in [0.1, 0.15) is 17.3 Å². The molecule has 0 atom stereocenters. The lowest BCUT2D eigenvalue weighted by molar-refractivity contribution is -0.131. The largest absolute Gasteiger partial charge is 0.342 e. The molecule has 3 aromatic rings. The van der Waals surface area contributed by atoms with Crippen LogP contribution < -0.4 is 0 Å². The second-order valence-electron chi connectivity index (χ2n) is 7.50. The summed E-state index contributed by atoms with van der Waals surface area (Å²) in [7, 11) is 1.98. The van der Waals surface area contributed by atoms with Gasteiger partial charge in [0.15, 0.2) is 0 Å². The van der Waals surface area contributed by atoms with Crippen molar-refractivity contribution >= 4 is 5.91 Å². The monoisotopic (exact) mass is 393 g/mol. The van der Waals surface area contributed by atoms with E-state index in [2.05, 4.69) is 15.0 Å². The molecule has 1 aliphatic rings. The highest BCUT2D eigenvalue weighted by atomic mass is 19.1. The van der Waals surface area contributed by atoms with Crippen molar-refractivity contribution in [2.24, 2.45) is 7.05 Å². The summed E-state index contributed by atoms with van der Waals surface area (Å²) in [4.78, 5) is 28.1. The maximum absolute atomic E-state index is 13.1. The van der Waals surface area contributed by atoms with E-state index in [9.17, 15) is 9.18 Å². The van der Waals surface area contributed by atoms with Gasteiger partial charge in [-0.05, 0) is 37.5 Å². The van der Waals surface area contributed by atoms with Gasteiger partial charge in [-0.3, -0.25) is 14.8 Å². The third kappa shape index (κ3) is 4.04. The molecular weight excluding hydrogens is 369 g/mol. The van der Waals surface area contributed by atoms with Gasteiger partial charge in [-0.1, -0.05) is 12.1 Å². The minimum Gasteiger partial charge on any atom is -0.342 e. The molecule has 1 saturated heterocycles. The molecule has 1 aromatic carbocycles. The Morgan fingerprint density at radius 1 is 1.10 bits per heavy atom. The molecular formula is C22H24FN5O. The fourth-order valence-corrected chi connectivity index (χ4v) is 3.86. The van der Waals surface area contributed by atoms with Gasteiger partial charge < -0.3 is 9.47 Å². The molecule has 2 aromatic heterocycles. The number of carbonyl (C=O) groups excluding carboxylic acids is 1. The van der Waals surface area contributed by atoms with Crippen LogP contribution in [0.25, 0.3) is 11.4 Å². The van der Waals surface area contributed by atoms with Gasteiger partial charge in [-0.15, -0.1) is 0 Å². The zero-order valence-electron chi connectivity index (χ0n) is 16.7. The van der Waals surface area contributed by atoms with E-state index in [-0.39, 0.29) is 17.6 Å². The van der Waals surface area contributed by atoms with Crippen molar-refractivity contribution < 1.29 is 9.18 Å². The molecule has 7 heteroatoms. The number of aryl methyl sites for hydroxylation is 1. The summed E-state index contributed by atoms with van der Waals surface area (Å²) >= 11 is 0. The molecule has 0 bridgehead atoms. The average molecular weight is 393 g/mol. The molecule has 1 fully saturated rings. The number of amides is 1. The van der Waals surface area contributed by atoms with Crippen molar-refractivity contribution in [2.45, 2.75) is 32.1 Å². The Bertz CT molecular complexity index is 1010. The molecule has 0 aliphatic carbocycles. The highest BCUT2D eigenvalue weighted by molar-refractivity contribution is 5.78. The molecule has 0 N–H and O–H groups in total. The van der Waals surface area contributed by atoms with Gasteiger partial charge in [0.2, 0.25) is 5.91 Å². The zero-order valence-corrected chi connectivity index (χ0v) is 16.7. The van der Waals surface area contributed by atoms with Crippen LogP contribution in [0.4, 0.5) is 4.39 Å². The minimum atomic E-state index is -0.287. The van der Waals surface area contributed by atoms with Crippen LogP contribution in [0.3, 0.4) is 0 Å². The lowest BCUT2D eigenvalue weighted by Gasteiger charge is -2.32. The normalized spacial score (nSPS) is 14.9. The number of imidazole rings is 1. The van der Waals surface area contributed by atoms with Crippen molar-refractivity contribution in [3.8, 4) is 11.4 Å². The molecule has 0 unspecified atom stereocenters. The van der Waals surface area contributed by atoms with Gasteiger partial charge >= 0.3 is 0 Å². The summed E-state index contributed by atoms with van der Waals surface area (Å²) in [5.41, 5.74) is 3.63. The number of piperidine rings is 1. The summed E-state index contributed by atoms with van der Waals surface area (Å²) in [5.74, 6) is 0.976. The zero-order chi connectivity index (χ0) is 20.4. The van der Waals surface area contributed by atoms with E-state index >= 15 is 0 Å². The number of aromatic nitrogens is 4. The smallest absolute Gasteiger partial charge is 0.226 e. The Hall–Kier alpha value is -3.09. The van der Waals surface area contributed by atoms with E-state index in [1.165, 1.54) is 12.1 Å². The van der Waals surface area contributed by atoms with Crippen LogP contribution in [0, 0.1) is 12.7 Å². The Morgan fingerprint density at radius 2 is 1.79 bits per heavy atom. The van der Waals surface area contributed by atoms with Crippen molar-refractivity contribution in [1.82, 2.24) is 24.4 Å². The fraction of sp³-hybridized carbons (Fsp3) is 0.364. The topological polar surface area (TPSA) is 63.9 Å². The summed E-state index contributed by atoms with van der Waals surface area (Å²) in [6.07, 6.45) is 7.27. The van der Waals surface area contributed by atoms with E-state index in [0.29, 0.717) is 19.5 Å². The van der Waals surface area contributed by atoms with Gasteiger partial charge in [-0.2, -0.15) is 0 Å². The molecule has 4 rings (SSSR count). The van der Waals surface area contributed by atoms with Crippen LogP contribution >= 0.6 is 0 Å². The maximum Gasteiger partial charge on any atom is 0.226 e. The van der Waals surface area contributed by atoms with Crippen LogP contribution in [0.15, 0.2) is 42.9 Å². The first-order chi connectivity index (χ1) is 14.0. The van der Waals surface area contributed by atoms with Crippen molar-refractivity contribution in [1.29, 1.82) is 0 Å². The Kier molecular flexibility index (Phi) is 5.38. The molecule has 29 heavy (non-hydrogen) atoms. The molecule has 6 nitrogen and oxygen atoms in total. The van der Waals surface area contributed by atoms with E-state index in [0.717, 1.165) is 41.3 Å². The number of nitrogens with zero attached hydrogens (tertiary/aromatic N) is 5. The number of hydrogen-bond donors (Lipinski definition) is 0. The van der Waals surface area contributed by atoms with Crippen LogP contribution in [-0.2, 0) is 18.3 Å². The van der Waals surface area contributed by atoms with Crippen molar-refractivity contribution in [2.75, 3.05) is 13.1 Å². The second-order valence-corrected chi connectivity index (χ2v) is 7.50. The third-order valence-corrected chi connectivity index (χ3v) is 5.69. The highest BCUT2D eigenvalue weighted by Gasteiger charge is 2.27. The average Bonchev–Trinajstić information content (AvgIpc) is 3.08. The lowest BCUT2D eigenvalue weighted by Crippen LogP contribution is -2.39. The molecule has 3 heterocycles. The Morgan fingerprint density at radius 3 is 2.45 bits per heavy atom. The maximum atomic E-state index is 13.1. The van der Waals surface area contributed by atoms with Crippen molar-refractivity contribution in [3.63, 3.8) is 0 Å². The molecule has 0 spiro atoms. The second kappa shape index (κ2) is 8.11. The SMILES string of the molecule is Cc1ncc(-c2nccnc2C2CCN(C(=O)Cc3ccc(F)cc3)CC2)n1C. The fourth-order valence-electron chi connectivity index (χ4n) is 3.86. The number of hydrogen-bond acceptors (Lipinski definition) is 4. The first-order valence-corrected chi connectivity index (χ1v) is 9.84. The van der Waals surface area contributed by atoms with Gasteiger partial charge in [0, 0.05) is 38.4 Å². The van der Waals surface area contributed by atoms with Crippen molar-refractivity contribution in [3.05, 3.63) is 65.8 Å². The van der Waals surface area contributed by atoms with Crippen LogP contribution in [-0.4, -0.2) is 43.4 Å². The first-order valence-electron chi connectivity index (χ1n) is 9.84. The predicted molar refractivity (Wildman–Crippen MR) is 108 cm³/mol. The third-order valence-electron chi connectivity index (χ3n) is 5.69. The number of halogens is 1. The van der Waals surface area contributed by atoms with Gasteiger partial charge in [0.25, 0.3) is 0 Å². The van der Waals surface area contributed by atoms with Crippen LogP contribution in [0.5, 0.6) is 0 Å².